The lowest BCUT2D eigenvalue weighted by Gasteiger charge is -2.37. The Balaban J connectivity index is 1.55. The predicted octanol–water partition coefficient (Wildman–Crippen LogP) is 2.64. The minimum atomic E-state index is -0.146. The topological polar surface area (TPSA) is 61.4 Å². The van der Waals surface area contributed by atoms with Crippen LogP contribution in [0.4, 0.5) is 5.95 Å². The maximum atomic E-state index is 12.9. The van der Waals surface area contributed by atoms with Gasteiger partial charge < -0.3 is 10.2 Å². The predicted molar refractivity (Wildman–Crippen MR) is 108 cm³/mol. The molecule has 2 atom stereocenters. The maximum absolute atomic E-state index is 12.9. The molecule has 0 saturated carbocycles. The molecule has 144 valence electrons. The quantitative estimate of drug-likeness (QED) is 0.815. The average Bonchev–Trinajstić information content (AvgIpc) is 2.74. The molecule has 27 heavy (non-hydrogen) atoms. The summed E-state index contributed by atoms with van der Waals surface area (Å²) >= 11 is 0. The zero-order valence-corrected chi connectivity index (χ0v) is 16.2. The van der Waals surface area contributed by atoms with E-state index >= 15 is 0 Å². The van der Waals surface area contributed by atoms with E-state index in [4.69, 9.17) is 0 Å². The van der Waals surface area contributed by atoms with E-state index in [9.17, 15) is 4.79 Å². The Morgan fingerprint density at radius 1 is 1.07 bits per heavy atom. The minimum Gasteiger partial charge on any atom is -0.348 e. The summed E-state index contributed by atoms with van der Waals surface area (Å²) in [6.07, 6.45) is 5.51. The summed E-state index contributed by atoms with van der Waals surface area (Å²) in [6, 6.07) is 12.0. The van der Waals surface area contributed by atoms with Crippen LogP contribution in [-0.2, 0) is 4.79 Å². The van der Waals surface area contributed by atoms with Crippen LogP contribution in [0.25, 0.3) is 0 Å². The summed E-state index contributed by atoms with van der Waals surface area (Å²) in [6.45, 7) is 7.47. The van der Waals surface area contributed by atoms with E-state index in [1.165, 1.54) is 5.56 Å². The zero-order chi connectivity index (χ0) is 19.1. The second-order valence-corrected chi connectivity index (χ2v) is 7.01. The van der Waals surface area contributed by atoms with Crippen molar-refractivity contribution in [3.63, 3.8) is 0 Å². The SMILES string of the molecule is CCCC(NC(=O)C(C)N1CCN(c2ncccn2)CC1)c1ccccc1. The highest BCUT2D eigenvalue weighted by Gasteiger charge is 2.27. The normalized spacial score (nSPS) is 17.3. The van der Waals surface area contributed by atoms with Gasteiger partial charge in [0.2, 0.25) is 11.9 Å². The number of aromatic nitrogens is 2. The van der Waals surface area contributed by atoms with E-state index < -0.39 is 0 Å². The van der Waals surface area contributed by atoms with E-state index in [1.54, 1.807) is 12.4 Å². The van der Waals surface area contributed by atoms with Gasteiger partial charge in [0.1, 0.15) is 0 Å². The Labute approximate surface area is 161 Å². The summed E-state index contributed by atoms with van der Waals surface area (Å²) in [4.78, 5) is 25.9. The van der Waals surface area contributed by atoms with E-state index in [0.717, 1.165) is 45.0 Å². The van der Waals surface area contributed by atoms with Crippen molar-refractivity contribution in [2.24, 2.45) is 0 Å². The first kappa shape index (κ1) is 19.3. The number of carbonyl (C=O) groups is 1. The largest absolute Gasteiger partial charge is 0.348 e. The van der Waals surface area contributed by atoms with Crippen molar-refractivity contribution in [3.8, 4) is 0 Å². The molecule has 0 bridgehead atoms. The Hall–Kier alpha value is -2.47. The molecule has 1 amide bonds. The van der Waals surface area contributed by atoms with Gasteiger partial charge in [-0.25, -0.2) is 9.97 Å². The van der Waals surface area contributed by atoms with Crippen molar-refractivity contribution >= 4 is 11.9 Å². The van der Waals surface area contributed by atoms with Crippen LogP contribution < -0.4 is 10.2 Å². The van der Waals surface area contributed by atoms with Crippen molar-refractivity contribution in [1.29, 1.82) is 0 Å². The van der Waals surface area contributed by atoms with Crippen LogP contribution in [-0.4, -0.2) is 53.0 Å². The second kappa shape index (κ2) is 9.46. The van der Waals surface area contributed by atoms with Gasteiger partial charge in [-0.05, 0) is 25.0 Å². The van der Waals surface area contributed by atoms with E-state index in [-0.39, 0.29) is 18.0 Å². The average molecular weight is 367 g/mol. The highest BCUT2D eigenvalue weighted by Crippen LogP contribution is 2.19. The number of rotatable bonds is 7. The van der Waals surface area contributed by atoms with Crippen LogP contribution in [0, 0.1) is 0 Å². The monoisotopic (exact) mass is 367 g/mol. The van der Waals surface area contributed by atoms with E-state index in [2.05, 4.69) is 44.1 Å². The Morgan fingerprint density at radius 3 is 2.37 bits per heavy atom. The molecule has 6 heteroatoms. The van der Waals surface area contributed by atoms with E-state index in [1.807, 2.05) is 31.2 Å². The van der Waals surface area contributed by atoms with Crippen LogP contribution >= 0.6 is 0 Å². The van der Waals surface area contributed by atoms with Crippen molar-refractivity contribution in [2.75, 3.05) is 31.1 Å². The molecule has 6 nitrogen and oxygen atoms in total. The smallest absolute Gasteiger partial charge is 0.237 e. The number of carbonyl (C=O) groups excluding carboxylic acids is 1. The summed E-state index contributed by atoms with van der Waals surface area (Å²) in [5.41, 5.74) is 1.17. The fourth-order valence-electron chi connectivity index (χ4n) is 3.52. The first-order valence-electron chi connectivity index (χ1n) is 9.80. The first-order chi connectivity index (χ1) is 13.2. The summed E-state index contributed by atoms with van der Waals surface area (Å²) < 4.78 is 0. The highest BCUT2D eigenvalue weighted by atomic mass is 16.2. The van der Waals surface area contributed by atoms with Crippen LogP contribution in [0.15, 0.2) is 48.8 Å². The third-order valence-corrected chi connectivity index (χ3v) is 5.17. The molecule has 1 aliphatic heterocycles. The van der Waals surface area contributed by atoms with Gasteiger partial charge in [0.15, 0.2) is 0 Å². The fourth-order valence-corrected chi connectivity index (χ4v) is 3.52. The summed E-state index contributed by atoms with van der Waals surface area (Å²) in [7, 11) is 0. The molecule has 0 radical (unpaired) electrons. The Morgan fingerprint density at radius 2 is 1.74 bits per heavy atom. The van der Waals surface area contributed by atoms with Crippen LogP contribution in [0.1, 0.15) is 38.3 Å². The Kier molecular flexibility index (Phi) is 6.76. The van der Waals surface area contributed by atoms with Crippen molar-refractivity contribution in [3.05, 3.63) is 54.4 Å². The number of nitrogens with one attached hydrogen (secondary N) is 1. The molecular formula is C21H29N5O. The van der Waals surface area contributed by atoms with Crippen molar-refractivity contribution in [2.45, 2.75) is 38.8 Å². The van der Waals surface area contributed by atoms with E-state index in [0.29, 0.717) is 0 Å². The molecule has 3 rings (SSSR count). The number of piperazine rings is 1. The first-order valence-corrected chi connectivity index (χ1v) is 9.80. The van der Waals surface area contributed by atoms with Gasteiger partial charge in [0.25, 0.3) is 0 Å². The molecule has 1 saturated heterocycles. The number of nitrogens with zero attached hydrogens (tertiary/aromatic N) is 4. The molecule has 2 heterocycles. The third-order valence-electron chi connectivity index (χ3n) is 5.17. The molecule has 2 unspecified atom stereocenters. The van der Waals surface area contributed by atoms with Crippen LogP contribution in [0.3, 0.4) is 0 Å². The van der Waals surface area contributed by atoms with Crippen LogP contribution in [0.2, 0.25) is 0 Å². The third kappa shape index (κ3) is 5.04. The number of hydrogen-bond acceptors (Lipinski definition) is 5. The van der Waals surface area contributed by atoms with Gasteiger partial charge in [-0.2, -0.15) is 0 Å². The molecule has 1 aliphatic rings. The minimum absolute atomic E-state index is 0.0742. The van der Waals surface area contributed by atoms with Crippen molar-refractivity contribution in [1.82, 2.24) is 20.2 Å². The second-order valence-electron chi connectivity index (χ2n) is 7.01. The number of benzene rings is 1. The Bertz CT molecular complexity index is 701. The molecule has 1 aromatic heterocycles. The molecule has 2 aromatic rings. The maximum Gasteiger partial charge on any atom is 0.237 e. The van der Waals surface area contributed by atoms with Gasteiger partial charge in [-0.1, -0.05) is 43.7 Å². The van der Waals surface area contributed by atoms with Gasteiger partial charge >= 0.3 is 0 Å². The van der Waals surface area contributed by atoms with Gasteiger partial charge in [0.05, 0.1) is 12.1 Å². The lowest BCUT2D eigenvalue weighted by Crippen LogP contribution is -2.54. The van der Waals surface area contributed by atoms with Gasteiger partial charge in [-0.15, -0.1) is 0 Å². The molecule has 1 N–H and O–H groups in total. The van der Waals surface area contributed by atoms with Crippen molar-refractivity contribution < 1.29 is 4.79 Å². The number of hydrogen-bond donors (Lipinski definition) is 1. The highest BCUT2D eigenvalue weighted by molar-refractivity contribution is 5.81. The molecule has 0 spiro atoms. The molecular weight excluding hydrogens is 338 g/mol. The van der Waals surface area contributed by atoms with Crippen LogP contribution in [0.5, 0.6) is 0 Å². The van der Waals surface area contributed by atoms with Gasteiger partial charge in [-0.3, -0.25) is 9.69 Å². The van der Waals surface area contributed by atoms with Gasteiger partial charge in [0, 0.05) is 38.6 Å². The fraction of sp³-hybridized carbons (Fsp3) is 0.476. The number of anilines is 1. The standard InChI is InChI=1S/C21H29N5O/c1-3-8-19(18-9-5-4-6-10-18)24-20(27)17(2)25-13-15-26(16-14-25)21-22-11-7-12-23-21/h4-7,9-12,17,19H,3,8,13-16H2,1-2H3,(H,24,27). The summed E-state index contributed by atoms with van der Waals surface area (Å²) in [5, 5.41) is 3.26. The lowest BCUT2D eigenvalue weighted by molar-refractivity contribution is -0.126. The zero-order valence-electron chi connectivity index (χ0n) is 16.2. The lowest BCUT2D eigenvalue weighted by atomic mass is 10.0. The summed E-state index contributed by atoms with van der Waals surface area (Å²) in [5.74, 6) is 0.864. The molecule has 1 aromatic carbocycles. The molecule has 0 aliphatic carbocycles. The number of amides is 1. The molecule has 1 fully saturated rings.